The summed E-state index contributed by atoms with van der Waals surface area (Å²) in [6, 6.07) is 0. The van der Waals surface area contributed by atoms with Crippen LogP contribution in [0.25, 0.3) is 0 Å². The minimum absolute atomic E-state index is 0.0648. The van der Waals surface area contributed by atoms with Crippen LogP contribution in [-0.4, -0.2) is 28.3 Å². The van der Waals surface area contributed by atoms with Crippen molar-refractivity contribution in [3.05, 3.63) is 0 Å². The Morgan fingerprint density at radius 2 is 1.80 bits per heavy atom. The highest BCUT2D eigenvalue weighted by Gasteiger charge is 2.34. The Bertz CT molecular complexity index is 99.8. The molecule has 1 aliphatic rings. The topological polar surface area (TPSA) is 20.2 Å². The molecule has 1 saturated carbocycles. The second-order valence-corrected chi connectivity index (χ2v) is 4.92. The van der Waals surface area contributed by atoms with Crippen molar-refractivity contribution in [3.8, 4) is 0 Å². The maximum Gasteiger partial charge on any atom is 0.0778 e. The van der Waals surface area contributed by atoms with Crippen molar-refractivity contribution in [1.29, 1.82) is 0 Å². The fourth-order valence-electron chi connectivity index (χ4n) is 1.04. The number of thioether (sulfide) groups is 2. The second kappa shape index (κ2) is 3.88. The van der Waals surface area contributed by atoms with Crippen LogP contribution < -0.4 is 0 Å². The first-order chi connectivity index (χ1) is 4.79. The van der Waals surface area contributed by atoms with Gasteiger partial charge in [0.1, 0.15) is 0 Å². The molecular weight excluding hydrogens is 164 g/mol. The van der Waals surface area contributed by atoms with Gasteiger partial charge in [-0.25, -0.2) is 0 Å². The molecule has 1 unspecified atom stereocenters. The smallest absolute Gasteiger partial charge is 0.0778 e. The van der Waals surface area contributed by atoms with Gasteiger partial charge in [-0.1, -0.05) is 0 Å². The van der Waals surface area contributed by atoms with E-state index in [-0.39, 0.29) is 6.10 Å². The fraction of sp³-hybridized carbons (Fsp3) is 1.00. The van der Waals surface area contributed by atoms with Gasteiger partial charge >= 0.3 is 0 Å². The van der Waals surface area contributed by atoms with E-state index in [0.717, 1.165) is 0 Å². The molecule has 60 valence electrons. The van der Waals surface area contributed by atoms with Gasteiger partial charge in [0, 0.05) is 0 Å². The summed E-state index contributed by atoms with van der Waals surface area (Å²) >= 11 is 3.52. The van der Waals surface area contributed by atoms with E-state index in [0.29, 0.717) is 10.5 Å². The van der Waals surface area contributed by atoms with E-state index in [1.165, 1.54) is 12.8 Å². The van der Waals surface area contributed by atoms with E-state index < -0.39 is 0 Å². The van der Waals surface area contributed by atoms with E-state index in [1.807, 2.05) is 0 Å². The van der Waals surface area contributed by atoms with Crippen molar-refractivity contribution >= 4 is 23.5 Å². The molecule has 10 heavy (non-hydrogen) atoms. The molecule has 0 aromatic rings. The summed E-state index contributed by atoms with van der Waals surface area (Å²) in [4.78, 5) is 0. The summed E-state index contributed by atoms with van der Waals surface area (Å²) in [5.74, 6) is 0.616. The average molecular weight is 178 g/mol. The molecule has 0 amide bonds. The third-order valence-corrected chi connectivity index (χ3v) is 4.49. The van der Waals surface area contributed by atoms with Crippen molar-refractivity contribution in [1.82, 2.24) is 0 Å². The molecule has 0 heterocycles. The average Bonchev–Trinajstić information content (AvgIpc) is 2.71. The van der Waals surface area contributed by atoms with Gasteiger partial charge in [0.2, 0.25) is 0 Å². The molecule has 1 aliphatic carbocycles. The molecule has 0 radical (unpaired) electrons. The molecule has 0 spiro atoms. The quantitative estimate of drug-likeness (QED) is 0.663. The molecule has 1 atom stereocenters. The number of rotatable bonds is 4. The van der Waals surface area contributed by atoms with E-state index in [9.17, 15) is 5.11 Å². The van der Waals surface area contributed by atoms with Crippen molar-refractivity contribution in [2.45, 2.75) is 23.5 Å². The molecular formula is C7H14OS2. The van der Waals surface area contributed by atoms with Gasteiger partial charge in [0.15, 0.2) is 0 Å². The normalized spacial score (nSPS) is 21.6. The highest BCUT2D eigenvalue weighted by molar-refractivity contribution is 8.16. The summed E-state index contributed by atoms with van der Waals surface area (Å²) in [5.41, 5.74) is 0. The van der Waals surface area contributed by atoms with Crippen molar-refractivity contribution < 1.29 is 5.11 Å². The standard InChI is InChI=1S/C7H14OS2/c1-9-7(10-2)6(8)5-3-4-5/h5-8H,3-4H2,1-2H3. The molecule has 1 rings (SSSR count). The third-order valence-electron chi connectivity index (χ3n) is 1.85. The van der Waals surface area contributed by atoms with E-state index >= 15 is 0 Å². The molecule has 0 bridgehead atoms. The predicted octanol–water partition coefficient (Wildman–Crippen LogP) is 1.81. The Balaban J connectivity index is 2.27. The van der Waals surface area contributed by atoms with Crippen LogP contribution in [0.15, 0.2) is 0 Å². The number of aliphatic hydroxyl groups is 1. The van der Waals surface area contributed by atoms with Gasteiger partial charge in [-0.2, -0.15) is 0 Å². The molecule has 1 nitrogen and oxygen atoms in total. The monoisotopic (exact) mass is 178 g/mol. The minimum Gasteiger partial charge on any atom is -0.391 e. The molecule has 0 aromatic carbocycles. The maximum atomic E-state index is 9.61. The van der Waals surface area contributed by atoms with Crippen molar-refractivity contribution in [2.75, 3.05) is 12.5 Å². The fourth-order valence-corrected chi connectivity index (χ4v) is 2.81. The van der Waals surface area contributed by atoms with Gasteiger partial charge in [0.25, 0.3) is 0 Å². The van der Waals surface area contributed by atoms with Crippen LogP contribution in [0.1, 0.15) is 12.8 Å². The first-order valence-electron chi connectivity index (χ1n) is 3.53. The lowest BCUT2D eigenvalue weighted by molar-refractivity contribution is 0.168. The van der Waals surface area contributed by atoms with E-state index in [4.69, 9.17) is 0 Å². The lowest BCUT2D eigenvalue weighted by atomic mass is 10.3. The molecule has 1 fully saturated rings. The summed E-state index contributed by atoms with van der Waals surface area (Å²) in [5, 5.41) is 9.61. The van der Waals surface area contributed by atoms with Gasteiger partial charge in [-0.15, -0.1) is 23.5 Å². The van der Waals surface area contributed by atoms with Gasteiger partial charge in [0.05, 0.1) is 10.7 Å². The first kappa shape index (κ1) is 8.75. The van der Waals surface area contributed by atoms with Crippen molar-refractivity contribution in [3.63, 3.8) is 0 Å². The van der Waals surface area contributed by atoms with Gasteiger partial charge in [-0.3, -0.25) is 0 Å². The molecule has 0 saturated heterocycles. The maximum absolute atomic E-state index is 9.61. The Hall–Kier alpha value is 0.660. The second-order valence-electron chi connectivity index (χ2n) is 2.67. The Morgan fingerprint density at radius 1 is 1.30 bits per heavy atom. The Morgan fingerprint density at radius 3 is 2.10 bits per heavy atom. The lowest BCUT2D eigenvalue weighted by Crippen LogP contribution is -2.21. The van der Waals surface area contributed by atoms with Crippen LogP contribution in [0.2, 0.25) is 0 Å². The van der Waals surface area contributed by atoms with Gasteiger partial charge < -0.3 is 5.11 Å². The van der Waals surface area contributed by atoms with Crippen LogP contribution in [0.5, 0.6) is 0 Å². The summed E-state index contributed by atoms with van der Waals surface area (Å²) in [6.45, 7) is 0. The SMILES string of the molecule is CSC(SC)C(O)C1CC1. The Labute approximate surface area is 71.0 Å². The highest BCUT2D eigenvalue weighted by atomic mass is 32.2. The number of hydrogen-bond acceptors (Lipinski definition) is 3. The number of aliphatic hydroxyl groups excluding tert-OH is 1. The molecule has 0 aromatic heterocycles. The zero-order chi connectivity index (χ0) is 7.56. The zero-order valence-electron chi connectivity index (χ0n) is 6.41. The van der Waals surface area contributed by atoms with Crippen molar-refractivity contribution in [2.24, 2.45) is 5.92 Å². The van der Waals surface area contributed by atoms with E-state index in [1.54, 1.807) is 23.5 Å². The molecule has 3 heteroatoms. The summed E-state index contributed by atoms with van der Waals surface area (Å²) in [7, 11) is 0. The van der Waals surface area contributed by atoms with Crippen LogP contribution in [0, 0.1) is 5.92 Å². The van der Waals surface area contributed by atoms with Gasteiger partial charge in [-0.05, 0) is 31.3 Å². The lowest BCUT2D eigenvalue weighted by Gasteiger charge is -2.17. The third kappa shape index (κ3) is 2.07. The first-order valence-corrected chi connectivity index (χ1v) is 6.11. The highest BCUT2D eigenvalue weighted by Crippen LogP contribution is 2.39. The molecule has 1 N–H and O–H groups in total. The van der Waals surface area contributed by atoms with E-state index in [2.05, 4.69) is 12.5 Å². The number of hydrogen-bond donors (Lipinski definition) is 1. The van der Waals surface area contributed by atoms with Crippen LogP contribution in [0.4, 0.5) is 0 Å². The summed E-state index contributed by atoms with van der Waals surface area (Å²) in [6.07, 6.45) is 6.53. The predicted molar refractivity (Wildman–Crippen MR) is 49.5 cm³/mol. The largest absolute Gasteiger partial charge is 0.391 e. The minimum atomic E-state index is -0.0648. The Kier molecular flexibility index (Phi) is 3.40. The summed E-state index contributed by atoms with van der Waals surface area (Å²) < 4.78 is 0.396. The molecule has 0 aliphatic heterocycles. The van der Waals surface area contributed by atoms with Crippen LogP contribution in [-0.2, 0) is 0 Å². The van der Waals surface area contributed by atoms with Crippen LogP contribution in [0.3, 0.4) is 0 Å². The van der Waals surface area contributed by atoms with Crippen LogP contribution >= 0.6 is 23.5 Å². The zero-order valence-corrected chi connectivity index (χ0v) is 8.04.